The van der Waals surface area contributed by atoms with Crippen LogP contribution in [0.2, 0.25) is 0 Å². The predicted molar refractivity (Wildman–Crippen MR) is 111 cm³/mol. The van der Waals surface area contributed by atoms with Crippen LogP contribution in [0, 0.1) is 5.92 Å². The molecule has 6 heteroatoms. The number of amides is 2. The topological polar surface area (TPSA) is 67.9 Å². The van der Waals surface area contributed by atoms with Gasteiger partial charge in [-0.1, -0.05) is 18.2 Å². The number of methoxy groups -OCH3 is 2. The summed E-state index contributed by atoms with van der Waals surface area (Å²) in [6.45, 7) is 4.66. The van der Waals surface area contributed by atoms with Crippen molar-refractivity contribution in [2.24, 2.45) is 5.92 Å². The summed E-state index contributed by atoms with van der Waals surface area (Å²) >= 11 is 0. The molecule has 0 unspecified atom stereocenters. The van der Waals surface area contributed by atoms with Gasteiger partial charge in [-0.15, -0.1) is 0 Å². The van der Waals surface area contributed by atoms with Crippen LogP contribution in [0.5, 0.6) is 11.5 Å². The summed E-state index contributed by atoms with van der Waals surface area (Å²) in [4.78, 5) is 27.8. The maximum absolute atomic E-state index is 13.0. The van der Waals surface area contributed by atoms with E-state index in [1.165, 1.54) is 0 Å². The first-order valence-electron chi connectivity index (χ1n) is 9.81. The van der Waals surface area contributed by atoms with E-state index in [-0.39, 0.29) is 29.7 Å². The third-order valence-corrected chi connectivity index (χ3v) is 5.23. The van der Waals surface area contributed by atoms with E-state index in [2.05, 4.69) is 5.32 Å². The molecule has 0 aliphatic carbocycles. The van der Waals surface area contributed by atoms with Crippen molar-refractivity contribution >= 4 is 11.8 Å². The summed E-state index contributed by atoms with van der Waals surface area (Å²) in [5, 5.41) is 3.00. The van der Waals surface area contributed by atoms with Gasteiger partial charge < -0.3 is 19.7 Å². The van der Waals surface area contributed by atoms with Gasteiger partial charge >= 0.3 is 0 Å². The normalized spacial score (nSPS) is 18.6. The Morgan fingerprint density at radius 3 is 2.38 bits per heavy atom. The molecular weight excluding hydrogens is 368 g/mol. The second-order valence-electron chi connectivity index (χ2n) is 7.56. The monoisotopic (exact) mass is 396 g/mol. The second-order valence-corrected chi connectivity index (χ2v) is 7.56. The van der Waals surface area contributed by atoms with E-state index in [1.807, 2.05) is 50.2 Å². The maximum Gasteiger partial charge on any atom is 0.253 e. The number of rotatable bonds is 6. The van der Waals surface area contributed by atoms with Crippen molar-refractivity contribution in [2.75, 3.05) is 27.3 Å². The van der Waals surface area contributed by atoms with Crippen molar-refractivity contribution in [2.45, 2.75) is 25.8 Å². The van der Waals surface area contributed by atoms with Gasteiger partial charge in [-0.05, 0) is 44.2 Å². The number of ether oxygens (including phenoxy) is 2. The molecule has 29 heavy (non-hydrogen) atoms. The summed E-state index contributed by atoms with van der Waals surface area (Å²) in [5.74, 6) is 0.692. The Kier molecular flexibility index (Phi) is 6.42. The Labute approximate surface area is 171 Å². The number of carbonyl (C=O) groups is 2. The third-order valence-electron chi connectivity index (χ3n) is 5.23. The van der Waals surface area contributed by atoms with Crippen LogP contribution >= 0.6 is 0 Å². The summed E-state index contributed by atoms with van der Waals surface area (Å²) < 4.78 is 10.9. The molecule has 1 heterocycles. The van der Waals surface area contributed by atoms with Crippen molar-refractivity contribution in [3.63, 3.8) is 0 Å². The van der Waals surface area contributed by atoms with Crippen LogP contribution < -0.4 is 14.8 Å². The van der Waals surface area contributed by atoms with Crippen LogP contribution in [0.3, 0.4) is 0 Å². The van der Waals surface area contributed by atoms with Gasteiger partial charge in [0.1, 0.15) is 11.5 Å². The molecule has 1 aliphatic heterocycles. The molecule has 0 bridgehead atoms. The van der Waals surface area contributed by atoms with Crippen molar-refractivity contribution < 1.29 is 19.1 Å². The van der Waals surface area contributed by atoms with E-state index in [0.717, 1.165) is 5.56 Å². The van der Waals surface area contributed by atoms with Crippen LogP contribution in [-0.2, 0) is 4.79 Å². The maximum atomic E-state index is 13.0. The number of benzene rings is 2. The second kappa shape index (κ2) is 8.99. The number of hydrogen-bond acceptors (Lipinski definition) is 4. The molecule has 1 saturated heterocycles. The van der Waals surface area contributed by atoms with E-state index < -0.39 is 0 Å². The Hall–Kier alpha value is -3.02. The van der Waals surface area contributed by atoms with Crippen LogP contribution in [0.15, 0.2) is 48.5 Å². The molecule has 154 valence electrons. The molecule has 2 aromatic rings. The molecule has 0 saturated carbocycles. The summed E-state index contributed by atoms with van der Waals surface area (Å²) in [6, 6.07) is 14.7. The third kappa shape index (κ3) is 4.53. The molecule has 0 aromatic heterocycles. The minimum Gasteiger partial charge on any atom is -0.497 e. The highest BCUT2D eigenvalue weighted by Crippen LogP contribution is 2.40. The minimum atomic E-state index is -0.369. The first-order valence-corrected chi connectivity index (χ1v) is 9.81. The van der Waals surface area contributed by atoms with E-state index >= 15 is 0 Å². The highest BCUT2D eigenvalue weighted by Gasteiger charge is 2.42. The van der Waals surface area contributed by atoms with E-state index in [0.29, 0.717) is 30.2 Å². The predicted octanol–water partition coefficient (Wildman–Crippen LogP) is 3.08. The van der Waals surface area contributed by atoms with Gasteiger partial charge in [-0.3, -0.25) is 9.59 Å². The van der Waals surface area contributed by atoms with Gasteiger partial charge in [0, 0.05) is 36.2 Å². The van der Waals surface area contributed by atoms with Crippen molar-refractivity contribution in [3.05, 3.63) is 59.7 Å². The molecule has 3 rings (SSSR count). The molecule has 6 nitrogen and oxygen atoms in total. The van der Waals surface area contributed by atoms with Crippen LogP contribution in [0.25, 0.3) is 0 Å². The Morgan fingerprint density at radius 2 is 1.76 bits per heavy atom. The zero-order chi connectivity index (χ0) is 21.0. The Balaban J connectivity index is 1.96. The fraction of sp³-hybridized carbons (Fsp3) is 0.391. The van der Waals surface area contributed by atoms with Gasteiger partial charge in [-0.25, -0.2) is 0 Å². The van der Waals surface area contributed by atoms with Crippen molar-refractivity contribution in [1.82, 2.24) is 10.2 Å². The average Bonchev–Trinajstić information content (AvgIpc) is 3.18. The fourth-order valence-corrected chi connectivity index (χ4v) is 3.83. The molecule has 0 radical (unpaired) electrons. The molecular formula is C23H28N2O4. The number of nitrogens with one attached hydrogen (secondary N) is 1. The molecule has 2 aromatic carbocycles. The summed E-state index contributed by atoms with van der Waals surface area (Å²) in [6.07, 6.45) is 0. The number of hydrogen-bond donors (Lipinski definition) is 1. The molecule has 2 atom stereocenters. The van der Waals surface area contributed by atoms with Crippen LogP contribution in [0.1, 0.15) is 35.7 Å². The minimum absolute atomic E-state index is 0.0224. The zero-order valence-electron chi connectivity index (χ0n) is 17.3. The van der Waals surface area contributed by atoms with Crippen LogP contribution in [-0.4, -0.2) is 50.1 Å². The molecule has 2 amide bonds. The molecule has 1 fully saturated rings. The first kappa shape index (κ1) is 20.7. The highest BCUT2D eigenvalue weighted by atomic mass is 16.5. The largest absolute Gasteiger partial charge is 0.497 e. The lowest BCUT2D eigenvalue weighted by molar-refractivity contribution is -0.125. The quantitative estimate of drug-likeness (QED) is 0.815. The van der Waals surface area contributed by atoms with Gasteiger partial charge in [0.15, 0.2) is 0 Å². The number of nitrogens with zero attached hydrogens (tertiary/aromatic N) is 1. The first-order chi connectivity index (χ1) is 13.9. The fourth-order valence-electron chi connectivity index (χ4n) is 3.83. The highest BCUT2D eigenvalue weighted by molar-refractivity contribution is 5.95. The lowest BCUT2D eigenvalue weighted by atomic mass is 9.87. The molecule has 1 aliphatic rings. The van der Waals surface area contributed by atoms with Gasteiger partial charge in [0.25, 0.3) is 5.91 Å². The molecule has 0 spiro atoms. The van der Waals surface area contributed by atoms with E-state index in [1.54, 1.807) is 31.3 Å². The van der Waals surface area contributed by atoms with Gasteiger partial charge in [-0.2, -0.15) is 0 Å². The lowest BCUT2D eigenvalue weighted by Crippen LogP contribution is -2.39. The van der Waals surface area contributed by atoms with Gasteiger partial charge in [0.2, 0.25) is 5.91 Å². The summed E-state index contributed by atoms with van der Waals surface area (Å²) in [5.41, 5.74) is 1.49. The number of carbonyl (C=O) groups excluding carboxylic acids is 2. The Morgan fingerprint density at radius 1 is 1.03 bits per heavy atom. The van der Waals surface area contributed by atoms with Crippen molar-refractivity contribution in [3.8, 4) is 11.5 Å². The van der Waals surface area contributed by atoms with Crippen molar-refractivity contribution in [1.29, 1.82) is 0 Å². The zero-order valence-corrected chi connectivity index (χ0v) is 17.3. The lowest BCUT2D eigenvalue weighted by Gasteiger charge is -2.22. The Bertz CT molecular complexity index is 866. The standard InChI is InChI=1S/C23H28N2O4/c1-15(2)24-22(26)20-14-25(23(27)16-8-6-5-7-9-16)13-19(20)18-12-17(28-3)10-11-21(18)29-4/h5-12,15,19-20H,13-14H2,1-4H3,(H,24,26)/t19-,20+/m0/s1. The van der Waals surface area contributed by atoms with Crippen LogP contribution in [0.4, 0.5) is 0 Å². The average molecular weight is 396 g/mol. The van der Waals surface area contributed by atoms with Gasteiger partial charge in [0.05, 0.1) is 20.1 Å². The summed E-state index contributed by atoms with van der Waals surface area (Å²) in [7, 11) is 3.21. The SMILES string of the molecule is COc1ccc(OC)c([C@@H]2CN(C(=O)c3ccccc3)C[C@H]2C(=O)NC(C)C)c1. The smallest absolute Gasteiger partial charge is 0.253 e. The van der Waals surface area contributed by atoms with E-state index in [4.69, 9.17) is 9.47 Å². The molecule has 1 N–H and O–H groups in total. The number of likely N-dealkylation sites (tertiary alicyclic amines) is 1. The van der Waals surface area contributed by atoms with E-state index in [9.17, 15) is 9.59 Å².